The number of nitrogens with zero attached hydrogens (tertiary/aromatic N) is 1. The van der Waals surface area contributed by atoms with E-state index in [0.29, 0.717) is 11.3 Å². The zero-order valence-electron chi connectivity index (χ0n) is 12.4. The summed E-state index contributed by atoms with van der Waals surface area (Å²) in [5.41, 5.74) is 1.87. The average molecular weight is 295 g/mol. The van der Waals surface area contributed by atoms with Gasteiger partial charge < -0.3 is 4.84 Å². The van der Waals surface area contributed by atoms with Crippen molar-refractivity contribution >= 4 is 17.3 Å². The van der Waals surface area contributed by atoms with Gasteiger partial charge in [-0.05, 0) is 5.56 Å². The van der Waals surface area contributed by atoms with Crippen molar-refractivity contribution in [2.75, 3.05) is 7.11 Å². The van der Waals surface area contributed by atoms with Gasteiger partial charge in [0, 0.05) is 5.56 Å². The van der Waals surface area contributed by atoms with E-state index in [1.54, 1.807) is 24.3 Å². The summed E-state index contributed by atoms with van der Waals surface area (Å²) in [7, 11) is 1.43. The summed E-state index contributed by atoms with van der Waals surface area (Å²) in [4.78, 5) is 29.0. The quantitative estimate of drug-likeness (QED) is 0.341. The van der Waals surface area contributed by atoms with E-state index in [2.05, 4.69) is 5.16 Å². The van der Waals surface area contributed by atoms with Gasteiger partial charge in [0.15, 0.2) is 5.78 Å². The summed E-state index contributed by atoms with van der Waals surface area (Å²) < 4.78 is 0. The van der Waals surface area contributed by atoms with E-state index in [-0.39, 0.29) is 24.4 Å². The van der Waals surface area contributed by atoms with E-state index >= 15 is 0 Å². The number of oxime groups is 1. The number of benzene rings is 2. The molecule has 0 atom stereocenters. The van der Waals surface area contributed by atoms with Crippen molar-refractivity contribution in [1.82, 2.24) is 0 Å². The van der Waals surface area contributed by atoms with Crippen LogP contribution < -0.4 is 0 Å². The molecule has 0 unspecified atom stereocenters. The molecule has 0 saturated heterocycles. The highest BCUT2D eigenvalue weighted by molar-refractivity contribution is 6.16. The Morgan fingerprint density at radius 1 is 0.864 bits per heavy atom. The lowest BCUT2D eigenvalue weighted by molar-refractivity contribution is -0.117. The van der Waals surface area contributed by atoms with Crippen LogP contribution in [0.1, 0.15) is 28.8 Å². The van der Waals surface area contributed by atoms with E-state index in [1.165, 1.54) is 7.11 Å². The van der Waals surface area contributed by atoms with Crippen LogP contribution >= 0.6 is 0 Å². The number of carbonyl (C=O) groups excluding carboxylic acids is 2. The first-order chi connectivity index (χ1) is 10.7. The van der Waals surface area contributed by atoms with Gasteiger partial charge in [-0.2, -0.15) is 0 Å². The molecule has 4 nitrogen and oxygen atoms in total. The second-order valence-electron chi connectivity index (χ2n) is 4.77. The van der Waals surface area contributed by atoms with E-state index in [4.69, 9.17) is 4.84 Å². The molecular weight excluding hydrogens is 278 g/mol. The fourth-order valence-corrected chi connectivity index (χ4v) is 2.08. The zero-order chi connectivity index (χ0) is 15.8. The second-order valence-corrected chi connectivity index (χ2v) is 4.77. The first kappa shape index (κ1) is 15.6. The minimum absolute atomic E-state index is 0.0659. The summed E-state index contributed by atoms with van der Waals surface area (Å²) in [5.74, 6) is -0.371. The third-order valence-corrected chi connectivity index (χ3v) is 3.13. The van der Waals surface area contributed by atoms with Crippen LogP contribution in [0.25, 0.3) is 0 Å². The molecular formula is C18H17NO3. The summed E-state index contributed by atoms with van der Waals surface area (Å²) in [5, 5.41) is 3.90. The molecule has 0 radical (unpaired) electrons. The van der Waals surface area contributed by atoms with Crippen molar-refractivity contribution in [2.45, 2.75) is 12.8 Å². The number of Topliss-reactive ketones (excluding diaryl/α,β-unsaturated/α-hetero) is 2. The monoisotopic (exact) mass is 295 g/mol. The SMILES string of the molecule is CO/N=C(\CC(=O)CC(=O)c1ccccc1)c1ccccc1. The lowest BCUT2D eigenvalue weighted by Gasteiger charge is -2.05. The normalized spacial score (nSPS) is 11.0. The molecule has 4 heteroatoms. The van der Waals surface area contributed by atoms with Crippen LogP contribution in [0.5, 0.6) is 0 Å². The summed E-state index contributed by atoms with van der Waals surface area (Å²) in [6, 6.07) is 18.1. The van der Waals surface area contributed by atoms with Crippen molar-refractivity contribution in [3.05, 3.63) is 71.8 Å². The first-order valence-corrected chi connectivity index (χ1v) is 6.96. The maximum absolute atomic E-state index is 12.1. The van der Waals surface area contributed by atoms with Crippen LogP contribution in [0.15, 0.2) is 65.8 Å². The fraction of sp³-hybridized carbons (Fsp3) is 0.167. The van der Waals surface area contributed by atoms with Crippen molar-refractivity contribution in [3.63, 3.8) is 0 Å². The summed E-state index contributed by atoms with van der Waals surface area (Å²) in [6.07, 6.45) is -0.0734. The minimum atomic E-state index is -0.187. The zero-order valence-corrected chi connectivity index (χ0v) is 12.4. The molecule has 2 aromatic rings. The molecule has 0 N–H and O–H groups in total. The van der Waals surface area contributed by atoms with Gasteiger partial charge in [0.05, 0.1) is 18.6 Å². The van der Waals surface area contributed by atoms with Crippen LogP contribution in [-0.4, -0.2) is 24.4 Å². The predicted octanol–water partition coefficient (Wildman–Crippen LogP) is 3.27. The van der Waals surface area contributed by atoms with Gasteiger partial charge in [0.1, 0.15) is 12.9 Å². The lowest BCUT2D eigenvalue weighted by atomic mass is 10.00. The average Bonchev–Trinajstić information content (AvgIpc) is 2.56. The van der Waals surface area contributed by atoms with E-state index in [1.807, 2.05) is 36.4 Å². The van der Waals surface area contributed by atoms with Gasteiger partial charge in [-0.1, -0.05) is 65.8 Å². The van der Waals surface area contributed by atoms with Gasteiger partial charge in [-0.3, -0.25) is 9.59 Å². The van der Waals surface area contributed by atoms with Crippen LogP contribution in [0.3, 0.4) is 0 Å². The summed E-state index contributed by atoms with van der Waals surface area (Å²) in [6.45, 7) is 0. The standard InChI is InChI=1S/C18H17NO3/c1-22-19-17(14-8-4-2-5-9-14)12-16(20)13-18(21)15-10-6-3-7-11-15/h2-11H,12-13H2,1H3/b19-17+. The molecule has 0 aliphatic heterocycles. The lowest BCUT2D eigenvalue weighted by Crippen LogP contribution is -2.14. The van der Waals surface area contributed by atoms with Crippen molar-refractivity contribution in [1.29, 1.82) is 0 Å². The topological polar surface area (TPSA) is 55.7 Å². The molecule has 112 valence electrons. The van der Waals surface area contributed by atoms with Crippen LogP contribution in [0.4, 0.5) is 0 Å². The van der Waals surface area contributed by atoms with E-state index < -0.39 is 0 Å². The summed E-state index contributed by atoms with van der Waals surface area (Å²) >= 11 is 0. The van der Waals surface area contributed by atoms with Crippen molar-refractivity contribution < 1.29 is 14.4 Å². The fourth-order valence-electron chi connectivity index (χ4n) is 2.08. The third-order valence-electron chi connectivity index (χ3n) is 3.13. The third kappa shape index (κ3) is 4.38. The minimum Gasteiger partial charge on any atom is -0.399 e. The molecule has 0 amide bonds. The molecule has 0 aliphatic carbocycles. The highest BCUT2D eigenvalue weighted by Crippen LogP contribution is 2.09. The van der Waals surface area contributed by atoms with Crippen molar-refractivity contribution in [2.24, 2.45) is 5.16 Å². The predicted molar refractivity (Wildman–Crippen MR) is 85.0 cm³/mol. The van der Waals surface area contributed by atoms with Crippen LogP contribution in [-0.2, 0) is 9.63 Å². The molecule has 0 spiro atoms. The number of carbonyl (C=O) groups is 2. The van der Waals surface area contributed by atoms with Crippen molar-refractivity contribution in [3.8, 4) is 0 Å². The van der Waals surface area contributed by atoms with Crippen LogP contribution in [0.2, 0.25) is 0 Å². The molecule has 0 fully saturated rings. The van der Waals surface area contributed by atoms with Gasteiger partial charge in [-0.15, -0.1) is 0 Å². The second kappa shape index (κ2) is 7.88. The molecule has 0 bridgehead atoms. The van der Waals surface area contributed by atoms with Crippen LogP contribution in [0, 0.1) is 0 Å². The number of hydrogen-bond acceptors (Lipinski definition) is 4. The Hall–Kier alpha value is -2.75. The van der Waals surface area contributed by atoms with E-state index in [0.717, 1.165) is 5.56 Å². The van der Waals surface area contributed by atoms with E-state index in [9.17, 15) is 9.59 Å². The Balaban J connectivity index is 2.04. The molecule has 2 rings (SSSR count). The number of ketones is 2. The number of hydrogen-bond donors (Lipinski definition) is 0. The molecule has 0 aromatic heterocycles. The van der Waals surface area contributed by atoms with Gasteiger partial charge in [0.25, 0.3) is 0 Å². The molecule has 22 heavy (non-hydrogen) atoms. The molecule has 0 aliphatic rings. The first-order valence-electron chi connectivity index (χ1n) is 6.96. The Kier molecular flexibility index (Phi) is 5.60. The number of rotatable bonds is 7. The van der Waals surface area contributed by atoms with Gasteiger partial charge >= 0.3 is 0 Å². The Bertz CT molecular complexity index is 663. The maximum Gasteiger partial charge on any atom is 0.170 e. The maximum atomic E-state index is 12.1. The molecule has 0 heterocycles. The highest BCUT2D eigenvalue weighted by Gasteiger charge is 2.15. The highest BCUT2D eigenvalue weighted by atomic mass is 16.6. The Morgan fingerprint density at radius 2 is 1.41 bits per heavy atom. The van der Waals surface area contributed by atoms with Gasteiger partial charge in [-0.25, -0.2) is 0 Å². The molecule has 0 saturated carbocycles. The Labute approximate surface area is 129 Å². The smallest absolute Gasteiger partial charge is 0.170 e. The Morgan fingerprint density at radius 3 is 1.95 bits per heavy atom. The van der Waals surface area contributed by atoms with Gasteiger partial charge in [0.2, 0.25) is 0 Å². The largest absolute Gasteiger partial charge is 0.399 e. The molecule has 2 aromatic carbocycles.